The zero-order chi connectivity index (χ0) is 13.2. The molecule has 2 aliphatic heterocycles. The van der Waals surface area contributed by atoms with E-state index in [1.807, 2.05) is 6.20 Å². The Bertz CT molecular complexity index is 419. The Morgan fingerprint density at radius 2 is 2.05 bits per heavy atom. The first-order valence-electron chi connectivity index (χ1n) is 7.45. The van der Waals surface area contributed by atoms with Crippen molar-refractivity contribution in [3.05, 3.63) is 17.7 Å². The summed E-state index contributed by atoms with van der Waals surface area (Å²) in [6.07, 6.45) is 5.33. The molecule has 5 nitrogen and oxygen atoms in total. The maximum absolute atomic E-state index is 6.14. The first-order chi connectivity index (χ1) is 9.24. The predicted molar refractivity (Wildman–Crippen MR) is 76.0 cm³/mol. The smallest absolute Gasteiger partial charge is 0.110 e. The van der Waals surface area contributed by atoms with Gasteiger partial charge in [0.1, 0.15) is 5.82 Å². The van der Waals surface area contributed by atoms with Gasteiger partial charge in [0.15, 0.2) is 0 Å². The molecule has 0 radical (unpaired) electrons. The summed E-state index contributed by atoms with van der Waals surface area (Å²) in [6, 6.07) is 0.193. The number of nitrogens with zero attached hydrogens (tertiary/aromatic N) is 4. The van der Waals surface area contributed by atoms with Gasteiger partial charge in [0.2, 0.25) is 0 Å². The highest BCUT2D eigenvalue weighted by atomic mass is 15.2. The third-order valence-electron chi connectivity index (χ3n) is 4.49. The van der Waals surface area contributed by atoms with Gasteiger partial charge in [0.05, 0.1) is 11.9 Å². The minimum Gasteiger partial charge on any atom is -0.331 e. The number of piperazine rings is 1. The lowest BCUT2D eigenvalue weighted by Crippen LogP contribution is -2.45. The zero-order valence-corrected chi connectivity index (χ0v) is 11.9. The summed E-state index contributed by atoms with van der Waals surface area (Å²) in [5.74, 6) is 1.23. The molecule has 1 atom stereocenters. The number of nitrogens with two attached hydrogens (primary N) is 1. The van der Waals surface area contributed by atoms with Crippen LogP contribution in [0.2, 0.25) is 0 Å². The first-order valence-corrected chi connectivity index (χ1v) is 7.45. The van der Waals surface area contributed by atoms with E-state index in [1.54, 1.807) is 0 Å². The van der Waals surface area contributed by atoms with Crippen LogP contribution in [0, 0.1) is 0 Å². The number of hydrogen-bond donors (Lipinski definition) is 1. The van der Waals surface area contributed by atoms with Crippen LogP contribution < -0.4 is 5.73 Å². The van der Waals surface area contributed by atoms with E-state index in [4.69, 9.17) is 5.73 Å². The van der Waals surface area contributed by atoms with Crippen LogP contribution in [-0.2, 0) is 13.0 Å². The molecule has 1 aromatic rings. The SMILES string of the molecule is CN1CCN(CCc2ncc3n2CCCC3N)CC1. The average Bonchev–Trinajstić information content (AvgIpc) is 2.83. The molecule has 0 aromatic carbocycles. The summed E-state index contributed by atoms with van der Waals surface area (Å²) in [6.45, 7) is 6.96. The Labute approximate surface area is 115 Å². The highest BCUT2D eigenvalue weighted by molar-refractivity contribution is 5.12. The molecule has 0 spiro atoms. The predicted octanol–water partition coefficient (Wildman–Crippen LogP) is 0.467. The molecular weight excluding hydrogens is 238 g/mol. The fourth-order valence-electron chi connectivity index (χ4n) is 3.13. The van der Waals surface area contributed by atoms with Crippen molar-refractivity contribution in [1.29, 1.82) is 0 Å². The molecule has 3 rings (SSSR count). The van der Waals surface area contributed by atoms with Crippen molar-refractivity contribution in [3.8, 4) is 0 Å². The lowest BCUT2D eigenvalue weighted by atomic mass is 10.1. The normalized spacial score (nSPS) is 25.5. The molecule has 1 aromatic heterocycles. The number of rotatable bonds is 3. The second kappa shape index (κ2) is 5.61. The molecule has 0 amide bonds. The van der Waals surface area contributed by atoms with Gasteiger partial charge in [-0.25, -0.2) is 4.98 Å². The van der Waals surface area contributed by atoms with Crippen LogP contribution in [-0.4, -0.2) is 59.1 Å². The molecule has 3 heterocycles. The Kier molecular flexibility index (Phi) is 3.86. The molecule has 2 aliphatic rings. The highest BCUT2D eigenvalue weighted by Crippen LogP contribution is 2.24. The van der Waals surface area contributed by atoms with Crippen molar-refractivity contribution >= 4 is 0 Å². The largest absolute Gasteiger partial charge is 0.331 e. The lowest BCUT2D eigenvalue weighted by molar-refractivity contribution is 0.154. The lowest BCUT2D eigenvalue weighted by Gasteiger charge is -2.32. The second-order valence-electron chi connectivity index (χ2n) is 5.89. The number of aromatic nitrogens is 2. The van der Waals surface area contributed by atoms with E-state index >= 15 is 0 Å². The standard InChI is InChI=1S/C14H25N5/c1-17-7-9-18(10-8-17)6-4-14-16-11-13-12(15)3-2-5-19(13)14/h11-12H,2-10,15H2,1H3. The number of fused-ring (bicyclic) bond motifs is 1. The van der Waals surface area contributed by atoms with Gasteiger partial charge in [-0.15, -0.1) is 0 Å². The summed E-state index contributed by atoms with van der Waals surface area (Å²) in [5, 5.41) is 0. The molecule has 0 bridgehead atoms. The minimum atomic E-state index is 0.193. The molecule has 19 heavy (non-hydrogen) atoms. The van der Waals surface area contributed by atoms with Gasteiger partial charge in [-0.05, 0) is 19.9 Å². The van der Waals surface area contributed by atoms with Gasteiger partial charge < -0.3 is 20.1 Å². The van der Waals surface area contributed by atoms with Gasteiger partial charge in [-0.3, -0.25) is 0 Å². The quantitative estimate of drug-likeness (QED) is 0.861. The number of likely N-dealkylation sites (N-methyl/N-ethyl adjacent to an activating group) is 1. The zero-order valence-electron chi connectivity index (χ0n) is 11.9. The van der Waals surface area contributed by atoms with Crippen molar-refractivity contribution in [1.82, 2.24) is 19.4 Å². The van der Waals surface area contributed by atoms with Crippen LogP contribution in [0.5, 0.6) is 0 Å². The Morgan fingerprint density at radius 1 is 1.26 bits per heavy atom. The first kappa shape index (κ1) is 13.1. The topological polar surface area (TPSA) is 50.3 Å². The van der Waals surface area contributed by atoms with Gasteiger partial charge in [-0.1, -0.05) is 0 Å². The van der Waals surface area contributed by atoms with Crippen LogP contribution in [0.25, 0.3) is 0 Å². The van der Waals surface area contributed by atoms with E-state index in [9.17, 15) is 0 Å². The number of imidazole rings is 1. The number of hydrogen-bond acceptors (Lipinski definition) is 4. The van der Waals surface area contributed by atoms with Gasteiger partial charge in [-0.2, -0.15) is 0 Å². The van der Waals surface area contributed by atoms with Gasteiger partial charge in [0.25, 0.3) is 0 Å². The van der Waals surface area contributed by atoms with Gasteiger partial charge >= 0.3 is 0 Å². The van der Waals surface area contributed by atoms with Crippen molar-refractivity contribution < 1.29 is 0 Å². The highest BCUT2D eigenvalue weighted by Gasteiger charge is 2.21. The Hall–Kier alpha value is -0.910. The fourth-order valence-corrected chi connectivity index (χ4v) is 3.13. The Balaban J connectivity index is 1.58. The van der Waals surface area contributed by atoms with E-state index in [1.165, 1.54) is 44.1 Å². The molecule has 0 saturated carbocycles. The van der Waals surface area contributed by atoms with E-state index < -0.39 is 0 Å². The van der Waals surface area contributed by atoms with Crippen LogP contribution in [0.4, 0.5) is 0 Å². The monoisotopic (exact) mass is 263 g/mol. The van der Waals surface area contributed by atoms with E-state index in [-0.39, 0.29) is 6.04 Å². The molecule has 2 N–H and O–H groups in total. The maximum Gasteiger partial charge on any atom is 0.110 e. The summed E-state index contributed by atoms with van der Waals surface area (Å²) in [4.78, 5) is 9.54. The minimum absolute atomic E-state index is 0.193. The molecule has 5 heteroatoms. The van der Waals surface area contributed by atoms with Crippen LogP contribution in [0.1, 0.15) is 30.4 Å². The van der Waals surface area contributed by atoms with Crippen LogP contribution in [0.3, 0.4) is 0 Å². The molecule has 106 valence electrons. The molecule has 0 aliphatic carbocycles. The third-order valence-corrected chi connectivity index (χ3v) is 4.49. The summed E-state index contributed by atoms with van der Waals surface area (Å²) in [7, 11) is 2.20. The van der Waals surface area contributed by atoms with Crippen LogP contribution in [0.15, 0.2) is 6.20 Å². The van der Waals surface area contributed by atoms with E-state index in [0.29, 0.717) is 0 Å². The van der Waals surface area contributed by atoms with Crippen LogP contribution >= 0.6 is 0 Å². The summed E-state index contributed by atoms with van der Waals surface area (Å²) < 4.78 is 2.35. The van der Waals surface area contributed by atoms with Crippen molar-refractivity contribution in [2.45, 2.75) is 31.8 Å². The van der Waals surface area contributed by atoms with Gasteiger partial charge in [0, 0.05) is 51.7 Å². The molecule has 1 fully saturated rings. The summed E-state index contributed by atoms with van der Waals surface area (Å²) >= 11 is 0. The third kappa shape index (κ3) is 2.83. The van der Waals surface area contributed by atoms with Crippen molar-refractivity contribution in [2.75, 3.05) is 39.8 Å². The van der Waals surface area contributed by atoms with Crippen molar-refractivity contribution in [3.63, 3.8) is 0 Å². The summed E-state index contributed by atoms with van der Waals surface area (Å²) in [5.41, 5.74) is 7.37. The molecule has 1 saturated heterocycles. The Morgan fingerprint density at radius 3 is 2.84 bits per heavy atom. The van der Waals surface area contributed by atoms with E-state index in [2.05, 4.69) is 26.4 Å². The second-order valence-corrected chi connectivity index (χ2v) is 5.89. The fraction of sp³-hybridized carbons (Fsp3) is 0.786. The maximum atomic E-state index is 6.14. The van der Waals surface area contributed by atoms with E-state index in [0.717, 1.165) is 25.9 Å². The molecular formula is C14H25N5. The van der Waals surface area contributed by atoms with Crippen molar-refractivity contribution in [2.24, 2.45) is 5.73 Å². The molecule has 1 unspecified atom stereocenters. The average molecular weight is 263 g/mol.